The second-order valence-corrected chi connectivity index (χ2v) is 5.38. The third-order valence-corrected chi connectivity index (χ3v) is 3.84. The highest BCUT2D eigenvalue weighted by atomic mass is 79.9. The lowest BCUT2D eigenvalue weighted by atomic mass is 10.0. The van der Waals surface area contributed by atoms with E-state index in [0.29, 0.717) is 18.8 Å². The van der Waals surface area contributed by atoms with Crippen molar-refractivity contribution < 1.29 is 9.90 Å². The van der Waals surface area contributed by atoms with Gasteiger partial charge in [-0.05, 0) is 35.3 Å². The number of aliphatic hydroxyl groups excluding tert-OH is 1. The summed E-state index contributed by atoms with van der Waals surface area (Å²) in [5.41, 5.74) is 0.704. The molecule has 0 bridgehead atoms. The van der Waals surface area contributed by atoms with Crippen LogP contribution in [0.2, 0.25) is 0 Å². The first kappa shape index (κ1) is 13.3. The molecule has 2 unspecified atom stereocenters. The number of anilines is 1. The lowest BCUT2D eigenvalue weighted by Crippen LogP contribution is -2.34. The van der Waals surface area contributed by atoms with E-state index >= 15 is 0 Å². The fourth-order valence-corrected chi connectivity index (χ4v) is 2.39. The summed E-state index contributed by atoms with van der Waals surface area (Å²) in [5, 5.41) is 12.3. The molecule has 6 heteroatoms. The Hall–Kier alpha value is -1.14. The first-order valence-electron chi connectivity index (χ1n) is 5.91. The van der Waals surface area contributed by atoms with Gasteiger partial charge in [0.05, 0.1) is 16.3 Å². The van der Waals surface area contributed by atoms with Crippen LogP contribution in [-0.4, -0.2) is 40.2 Å². The van der Waals surface area contributed by atoms with Crippen molar-refractivity contribution in [1.82, 2.24) is 9.88 Å². The highest BCUT2D eigenvalue weighted by molar-refractivity contribution is 9.10. The zero-order chi connectivity index (χ0) is 13.1. The monoisotopic (exact) mass is 313 g/mol. The number of carbonyl (C=O) groups excluding carboxylic acids is 1. The van der Waals surface area contributed by atoms with Crippen molar-refractivity contribution in [3.05, 3.63) is 22.9 Å². The predicted molar refractivity (Wildman–Crippen MR) is 72.3 cm³/mol. The van der Waals surface area contributed by atoms with Gasteiger partial charge in [0.25, 0.3) is 0 Å². The molecular formula is C12H16BrN3O2. The van der Waals surface area contributed by atoms with E-state index in [2.05, 4.69) is 26.2 Å². The molecule has 2 amide bonds. The molecule has 2 rings (SSSR count). The number of hydrogen-bond donors (Lipinski definition) is 2. The summed E-state index contributed by atoms with van der Waals surface area (Å²) in [6.45, 7) is 3.06. The summed E-state index contributed by atoms with van der Waals surface area (Å²) in [5.74, 6) is 0.177. The van der Waals surface area contributed by atoms with E-state index in [1.54, 1.807) is 30.3 Å². The molecule has 1 aromatic rings. The smallest absolute Gasteiger partial charge is 0.321 e. The Balaban J connectivity index is 1.96. The lowest BCUT2D eigenvalue weighted by molar-refractivity contribution is 0.130. The van der Waals surface area contributed by atoms with Gasteiger partial charge in [0, 0.05) is 31.4 Å². The Kier molecular flexibility index (Phi) is 4.19. The summed E-state index contributed by atoms with van der Waals surface area (Å²) in [7, 11) is 0. The van der Waals surface area contributed by atoms with Crippen LogP contribution in [0.4, 0.5) is 10.5 Å². The van der Waals surface area contributed by atoms with Crippen LogP contribution in [0.25, 0.3) is 0 Å². The van der Waals surface area contributed by atoms with Crippen molar-refractivity contribution in [2.45, 2.75) is 19.4 Å². The maximum absolute atomic E-state index is 12.0. The van der Waals surface area contributed by atoms with E-state index in [4.69, 9.17) is 0 Å². The zero-order valence-corrected chi connectivity index (χ0v) is 11.7. The summed E-state index contributed by atoms with van der Waals surface area (Å²) in [4.78, 5) is 17.7. The van der Waals surface area contributed by atoms with E-state index in [9.17, 15) is 9.90 Å². The van der Waals surface area contributed by atoms with Gasteiger partial charge in [-0.1, -0.05) is 0 Å². The highest BCUT2D eigenvalue weighted by Crippen LogP contribution is 2.23. The van der Waals surface area contributed by atoms with Crippen molar-refractivity contribution in [2.24, 2.45) is 5.92 Å². The van der Waals surface area contributed by atoms with Gasteiger partial charge in [-0.15, -0.1) is 0 Å². The van der Waals surface area contributed by atoms with Crippen LogP contribution in [0.15, 0.2) is 22.9 Å². The minimum atomic E-state index is -0.365. The highest BCUT2D eigenvalue weighted by Gasteiger charge is 2.29. The van der Waals surface area contributed by atoms with Gasteiger partial charge in [-0.25, -0.2) is 4.79 Å². The minimum absolute atomic E-state index is 0.134. The lowest BCUT2D eigenvalue weighted by Gasteiger charge is -2.18. The second-order valence-electron chi connectivity index (χ2n) is 4.52. The molecule has 0 aromatic carbocycles. The van der Waals surface area contributed by atoms with E-state index in [1.165, 1.54) is 0 Å². The summed E-state index contributed by atoms with van der Waals surface area (Å²) in [6.07, 6.45) is 3.75. The molecule has 2 atom stereocenters. The molecule has 2 heterocycles. The van der Waals surface area contributed by atoms with E-state index in [0.717, 1.165) is 10.9 Å². The number of amides is 2. The third-order valence-electron chi connectivity index (χ3n) is 3.21. The molecule has 5 nitrogen and oxygen atoms in total. The zero-order valence-electron chi connectivity index (χ0n) is 10.1. The number of rotatable bonds is 2. The Morgan fingerprint density at radius 3 is 3.11 bits per heavy atom. The number of halogens is 1. The molecule has 1 saturated heterocycles. The number of nitrogens with zero attached hydrogens (tertiary/aromatic N) is 2. The Morgan fingerprint density at radius 1 is 1.72 bits per heavy atom. The molecule has 1 aliphatic heterocycles. The van der Waals surface area contributed by atoms with Gasteiger partial charge < -0.3 is 15.3 Å². The maximum Gasteiger partial charge on any atom is 0.321 e. The topological polar surface area (TPSA) is 65.5 Å². The van der Waals surface area contributed by atoms with Gasteiger partial charge in [0.1, 0.15) is 0 Å². The third kappa shape index (κ3) is 3.00. The average Bonchev–Trinajstić information content (AvgIpc) is 2.81. The van der Waals surface area contributed by atoms with Gasteiger partial charge in [-0.2, -0.15) is 0 Å². The fraction of sp³-hybridized carbons (Fsp3) is 0.500. The molecule has 1 aromatic heterocycles. The average molecular weight is 314 g/mol. The Labute approximate surface area is 114 Å². The van der Waals surface area contributed by atoms with Crippen LogP contribution < -0.4 is 5.32 Å². The number of likely N-dealkylation sites (tertiary alicyclic amines) is 1. The van der Waals surface area contributed by atoms with Crippen LogP contribution in [-0.2, 0) is 0 Å². The van der Waals surface area contributed by atoms with Crippen molar-refractivity contribution in [3.63, 3.8) is 0 Å². The molecule has 2 N–H and O–H groups in total. The van der Waals surface area contributed by atoms with Gasteiger partial charge in [-0.3, -0.25) is 4.98 Å². The number of nitrogens with one attached hydrogen (secondary N) is 1. The summed E-state index contributed by atoms with van der Waals surface area (Å²) >= 11 is 3.33. The SMILES string of the molecule is CC(O)C1CCN(C(=O)Nc2ccncc2Br)C1. The van der Waals surface area contributed by atoms with Crippen molar-refractivity contribution in [3.8, 4) is 0 Å². The van der Waals surface area contributed by atoms with Crippen LogP contribution >= 0.6 is 15.9 Å². The largest absolute Gasteiger partial charge is 0.393 e. The van der Waals surface area contributed by atoms with Crippen molar-refractivity contribution >= 4 is 27.6 Å². The number of aliphatic hydroxyl groups is 1. The van der Waals surface area contributed by atoms with Crippen molar-refractivity contribution in [2.75, 3.05) is 18.4 Å². The number of hydrogen-bond acceptors (Lipinski definition) is 3. The molecular weight excluding hydrogens is 298 g/mol. The molecule has 0 spiro atoms. The predicted octanol–water partition coefficient (Wildman–Crippen LogP) is 2.08. The van der Waals surface area contributed by atoms with Crippen molar-refractivity contribution in [1.29, 1.82) is 0 Å². The van der Waals surface area contributed by atoms with Crippen LogP contribution in [0.1, 0.15) is 13.3 Å². The molecule has 98 valence electrons. The van der Waals surface area contributed by atoms with E-state index in [1.807, 2.05) is 0 Å². The second kappa shape index (κ2) is 5.67. The first-order chi connectivity index (χ1) is 8.58. The quantitative estimate of drug-likeness (QED) is 0.878. The summed E-state index contributed by atoms with van der Waals surface area (Å²) < 4.78 is 0.754. The normalized spacial score (nSPS) is 20.8. The molecule has 0 saturated carbocycles. The number of carbonyl (C=O) groups is 1. The number of urea groups is 1. The number of pyridine rings is 1. The minimum Gasteiger partial charge on any atom is -0.393 e. The Bertz CT molecular complexity index is 439. The van der Waals surface area contributed by atoms with Gasteiger partial charge in [0.2, 0.25) is 0 Å². The van der Waals surface area contributed by atoms with E-state index in [-0.39, 0.29) is 18.1 Å². The first-order valence-corrected chi connectivity index (χ1v) is 6.70. The van der Waals surface area contributed by atoms with Gasteiger partial charge in [0.15, 0.2) is 0 Å². The Morgan fingerprint density at radius 2 is 2.50 bits per heavy atom. The molecule has 1 fully saturated rings. The maximum atomic E-state index is 12.0. The molecule has 18 heavy (non-hydrogen) atoms. The van der Waals surface area contributed by atoms with Crippen LogP contribution in [0.3, 0.4) is 0 Å². The summed E-state index contributed by atoms with van der Waals surface area (Å²) in [6, 6.07) is 1.61. The van der Waals surface area contributed by atoms with Gasteiger partial charge >= 0.3 is 6.03 Å². The molecule has 0 aliphatic carbocycles. The van der Waals surface area contributed by atoms with Crippen LogP contribution in [0, 0.1) is 5.92 Å². The van der Waals surface area contributed by atoms with E-state index < -0.39 is 0 Å². The van der Waals surface area contributed by atoms with Crippen LogP contribution in [0.5, 0.6) is 0 Å². The molecule has 0 radical (unpaired) electrons. The molecule has 1 aliphatic rings. The fourth-order valence-electron chi connectivity index (χ4n) is 2.04. The number of aromatic nitrogens is 1. The standard InChI is InChI=1S/C12H16BrN3O2/c1-8(17)9-3-5-16(7-9)12(18)15-11-2-4-14-6-10(11)13/h2,4,6,8-9,17H,3,5,7H2,1H3,(H,14,15,18).